The number of fused-ring (bicyclic) bond motifs is 1. The lowest BCUT2D eigenvalue weighted by atomic mass is 9.94. The van der Waals surface area contributed by atoms with E-state index in [-0.39, 0.29) is 24.4 Å². The average molecular weight is 478 g/mol. The molecule has 3 aromatic rings. The maximum atomic E-state index is 13.7. The molecular weight excluding hydrogens is 442 g/mol. The summed E-state index contributed by atoms with van der Waals surface area (Å²) in [5.74, 6) is -0.352. The van der Waals surface area contributed by atoms with Gasteiger partial charge >= 0.3 is 0 Å². The molecular formula is C27H35N5O3. The van der Waals surface area contributed by atoms with Crippen molar-refractivity contribution in [3.63, 3.8) is 0 Å². The molecule has 0 spiro atoms. The van der Waals surface area contributed by atoms with E-state index in [2.05, 4.69) is 22.6 Å². The Morgan fingerprint density at radius 1 is 1.11 bits per heavy atom. The highest BCUT2D eigenvalue weighted by atomic mass is 16.5. The van der Waals surface area contributed by atoms with Gasteiger partial charge in [0, 0.05) is 19.7 Å². The molecule has 4 rings (SSSR count). The fourth-order valence-electron chi connectivity index (χ4n) is 4.78. The average Bonchev–Trinajstić information content (AvgIpc) is 3.30. The van der Waals surface area contributed by atoms with E-state index in [1.54, 1.807) is 16.7 Å². The van der Waals surface area contributed by atoms with Crippen LogP contribution in [0.25, 0.3) is 11.0 Å². The highest BCUT2D eigenvalue weighted by Crippen LogP contribution is 2.25. The van der Waals surface area contributed by atoms with Gasteiger partial charge in [-0.2, -0.15) is 0 Å². The summed E-state index contributed by atoms with van der Waals surface area (Å²) < 4.78 is 6.91. The lowest BCUT2D eigenvalue weighted by molar-refractivity contribution is -0.142. The van der Waals surface area contributed by atoms with Crippen LogP contribution < -0.4 is 5.32 Å². The molecule has 1 N–H and O–H groups in total. The molecule has 0 unspecified atom stereocenters. The fourth-order valence-corrected chi connectivity index (χ4v) is 4.78. The highest BCUT2D eigenvalue weighted by molar-refractivity contribution is 5.89. The molecule has 8 heteroatoms. The number of para-hydroxylation sites is 1. The molecule has 2 aromatic carbocycles. The van der Waals surface area contributed by atoms with Gasteiger partial charge in [0.2, 0.25) is 11.8 Å². The summed E-state index contributed by atoms with van der Waals surface area (Å²) in [4.78, 5) is 29.0. The number of hydrogen-bond donors (Lipinski definition) is 1. The van der Waals surface area contributed by atoms with E-state index < -0.39 is 6.04 Å². The quantitative estimate of drug-likeness (QED) is 0.481. The minimum atomic E-state index is -0.750. The summed E-state index contributed by atoms with van der Waals surface area (Å²) in [6, 6.07) is 14.9. The van der Waals surface area contributed by atoms with Crippen molar-refractivity contribution in [2.75, 3.05) is 20.3 Å². The molecule has 0 saturated heterocycles. The van der Waals surface area contributed by atoms with Gasteiger partial charge in [-0.25, -0.2) is 4.68 Å². The number of methoxy groups -OCH3 is 1. The number of hydrogen-bond acceptors (Lipinski definition) is 5. The van der Waals surface area contributed by atoms with Gasteiger partial charge in [0.05, 0.1) is 12.1 Å². The summed E-state index contributed by atoms with van der Waals surface area (Å²) in [5.41, 5.74) is 3.49. The molecule has 1 heterocycles. The fraction of sp³-hybridized carbons (Fsp3) is 0.481. The van der Waals surface area contributed by atoms with E-state index in [0.29, 0.717) is 13.2 Å². The standard InChI is InChI=1S/C27H35N5O3/c1-3-20-13-15-21(16-14-20)26(27(34)28-22-9-5-4-6-10-22)31(17-18-35-2)25(33)19-32-24-12-8-7-11-23(24)29-30-32/h7-8,11-16,22,26H,3-6,9-10,17-19H2,1-2H3,(H,28,34)/t26-/m1/s1. The Kier molecular flexibility index (Phi) is 8.47. The number of nitrogens with one attached hydrogen (secondary N) is 1. The third-order valence-electron chi connectivity index (χ3n) is 6.78. The van der Waals surface area contributed by atoms with Crippen molar-refractivity contribution in [2.45, 2.75) is 64.1 Å². The molecule has 1 aliphatic rings. The van der Waals surface area contributed by atoms with Crippen molar-refractivity contribution in [3.8, 4) is 0 Å². The van der Waals surface area contributed by atoms with E-state index in [1.807, 2.05) is 48.5 Å². The van der Waals surface area contributed by atoms with Crippen molar-refractivity contribution in [1.29, 1.82) is 0 Å². The Balaban J connectivity index is 1.64. The second kappa shape index (κ2) is 11.9. The topological polar surface area (TPSA) is 89.4 Å². The van der Waals surface area contributed by atoms with Crippen LogP contribution in [0.5, 0.6) is 0 Å². The van der Waals surface area contributed by atoms with Crippen LogP contribution in [0.15, 0.2) is 48.5 Å². The Hall–Kier alpha value is -3.26. The molecule has 1 aromatic heterocycles. The molecule has 0 radical (unpaired) electrons. The Morgan fingerprint density at radius 3 is 2.57 bits per heavy atom. The van der Waals surface area contributed by atoms with Crippen LogP contribution in [0.1, 0.15) is 56.2 Å². The molecule has 0 bridgehead atoms. The van der Waals surface area contributed by atoms with Crippen LogP contribution in [0, 0.1) is 0 Å². The first-order valence-electron chi connectivity index (χ1n) is 12.6. The van der Waals surface area contributed by atoms with Crippen LogP contribution >= 0.6 is 0 Å². The van der Waals surface area contributed by atoms with E-state index in [0.717, 1.165) is 48.7 Å². The molecule has 2 amide bonds. The largest absolute Gasteiger partial charge is 0.383 e. The minimum Gasteiger partial charge on any atom is -0.383 e. The Morgan fingerprint density at radius 2 is 1.86 bits per heavy atom. The maximum absolute atomic E-state index is 13.7. The van der Waals surface area contributed by atoms with Crippen molar-refractivity contribution >= 4 is 22.8 Å². The lowest BCUT2D eigenvalue weighted by Crippen LogP contribution is -2.48. The predicted octanol–water partition coefficient (Wildman–Crippen LogP) is 3.66. The van der Waals surface area contributed by atoms with Gasteiger partial charge in [-0.1, -0.05) is 67.8 Å². The zero-order valence-electron chi connectivity index (χ0n) is 20.7. The van der Waals surface area contributed by atoms with Gasteiger partial charge in [0.1, 0.15) is 18.1 Å². The first kappa shape index (κ1) is 24.9. The highest BCUT2D eigenvalue weighted by Gasteiger charge is 2.33. The Labute approximate surface area is 206 Å². The number of nitrogens with zero attached hydrogens (tertiary/aromatic N) is 4. The summed E-state index contributed by atoms with van der Waals surface area (Å²) in [6.45, 7) is 2.70. The summed E-state index contributed by atoms with van der Waals surface area (Å²) >= 11 is 0. The first-order chi connectivity index (χ1) is 17.1. The first-order valence-corrected chi connectivity index (χ1v) is 12.6. The van der Waals surface area contributed by atoms with Crippen LogP contribution in [-0.2, 0) is 27.3 Å². The van der Waals surface area contributed by atoms with Gasteiger partial charge in [0.25, 0.3) is 0 Å². The van der Waals surface area contributed by atoms with Gasteiger partial charge < -0.3 is 15.0 Å². The van der Waals surface area contributed by atoms with Crippen molar-refractivity contribution in [3.05, 3.63) is 59.7 Å². The van der Waals surface area contributed by atoms with Crippen molar-refractivity contribution in [1.82, 2.24) is 25.2 Å². The zero-order valence-corrected chi connectivity index (χ0v) is 20.7. The summed E-state index contributed by atoms with van der Waals surface area (Å²) in [6.07, 6.45) is 6.30. The normalized spacial score (nSPS) is 15.1. The van der Waals surface area contributed by atoms with E-state index in [9.17, 15) is 9.59 Å². The monoisotopic (exact) mass is 477 g/mol. The van der Waals surface area contributed by atoms with Crippen LogP contribution in [0.4, 0.5) is 0 Å². The number of aryl methyl sites for hydroxylation is 1. The van der Waals surface area contributed by atoms with Gasteiger partial charge in [-0.3, -0.25) is 9.59 Å². The second-order valence-electron chi connectivity index (χ2n) is 9.16. The SMILES string of the molecule is CCc1ccc([C@H](C(=O)NC2CCCCC2)N(CCOC)C(=O)Cn2nnc3ccccc32)cc1. The van der Waals surface area contributed by atoms with E-state index in [1.165, 1.54) is 12.0 Å². The van der Waals surface area contributed by atoms with Crippen LogP contribution in [-0.4, -0.2) is 58.0 Å². The third-order valence-corrected chi connectivity index (χ3v) is 6.78. The van der Waals surface area contributed by atoms with Crippen LogP contribution in [0.2, 0.25) is 0 Å². The third kappa shape index (κ3) is 6.06. The number of amides is 2. The molecule has 0 aliphatic heterocycles. The van der Waals surface area contributed by atoms with Gasteiger partial charge in [-0.05, 0) is 42.5 Å². The zero-order chi connectivity index (χ0) is 24.6. The molecule has 1 fully saturated rings. The molecule has 1 atom stereocenters. The lowest BCUT2D eigenvalue weighted by Gasteiger charge is -2.33. The molecule has 1 aliphatic carbocycles. The number of carbonyl (C=O) groups is 2. The van der Waals surface area contributed by atoms with Crippen LogP contribution in [0.3, 0.4) is 0 Å². The number of ether oxygens (including phenoxy) is 1. The summed E-state index contributed by atoms with van der Waals surface area (Å²) in [5, 5.41) is 11.6. The molecule has 35 heavy (non-hydrogen) atoms. The smallest absolute Gasteiger partial charge is 0.247 e. The predicted molar refractivity (Wildman–Crippen MR) is 135 cm³/mol. The van der Waals surface area contributed by atoms with Gasteiger partial charge in [0.15, 0.2) is 0 Å². The van der Waals surface area contributed by atoms with E-state index in [4.69, 9.17) is 4.74 Å². The number of benzene rings is 2. The molecule has 8 nitrogen and oxygen atoms in total. The number of carbonyl (C=O) groups excluding carboxylic acids is 2. The number of rotatable bonds is 10. The van der Waals surface area contributed by atoms with Gasteiger partial charge in [-0.15, -0.1) is 5.10 Å². The van der Waals surface area contributed by atoms with Crippen molar-refractivity contribution in [2.24, 2.45) is 0 Å². The molecule has 1 saturated carbocycles. The maximum Gasteiger partial charge on any atom is 0.247 e. The molecule has 186 valence electrons. The second-order valence-corrected chi connectivity index (χ2v) is 9.16. The summed E-state index contributed by atoms with van der Waals surface area (Å²) in [7, 11) is 1.60. The van der Waals surface area contributed by atoms with Crippen molar-refractivity contribution < 1.29 is 14.3 Å². The van der Waals surface area contributed by atoms with E-state index >= 15 is 0 Å². The minimum absolute atomic E-state index is 0.00944. The number of aromatic nitrogens is 3. The Bertz CT molecular complexity index is 1120.